The molecule has 0 radical (unpaired) electrons. The van der Waals surface area contributed by atoms with Crippen LogP contribution in [0.2, 0.25) is 0 Å². The van der Waals surface area contributed by atoms with Crippen LogP contribution in [0.4, 0.5) is 11.4 Å². The zero-order chi connectivity index (χ0) is 16.4. The van der Waals surface area contributed by atoms with Crippen LogP contribution in [0.1, 0.15) is 0 Å². The molecule has 0 saturated carbocycles. The number of hydrogen-bond acceptors (Lipinski definition) is 6. The average molecular weight is 342 g/mol. The Balaban J connectivity index is 2.58. The predicted molar refractivity (Wildman–Crippen MR) is 76.7 cm³/mol. The van der Waals surface area contributed by atoms with Gasteiger partial charge in [0, 0.05) is 0 Å². The van der Waals surface area contributed by atoms with Gasteiger partial charge in [-0.15, -0.1) is 5.11 Å². The van der Waals surface area contributed by atoms with Crippen molar-refractivity contribution in [3.05, 3.63) is 48.5 Å². The van der Waals surface area contributed by atoms with Crippen LogP contribution in [0.15, 0.2) is 68.6 Å². The van der Waals surface area contributed by atoms with Gasteiger partial charge in [-0.1, -0.05) is 18.2 Å². The highest BCUT2D eigenvalue weighted by Crippen LogP contribution is 2.29. The number of nitrogens with zero attached hydrogens (tertiary/aromatic N) is 2. The van der Waals surface area contributed by atoms with Gasteiger partial charge < -0.3 is 0 Å². The molecule has 22 heavy (non-hydrogen) atoms. The first kappa shape index (κ1) is 16.2. The zero-order valence-electron chi connectivity index (χ0n) is 10.9. The van der Waals surface area contributed by atoms with E-state index in [0.717, 1.165) is 18.2 Å². The van der Waals surface area contributed by atoms with Gasteiger partial charge in [-0.2, -0.15) is 21.9 Å². The van der Waals surface area contributed by atoms with Crippen molar-refractivity contribution in [2.75, 3.05) is 0 Å². The molecule has 0 spiro atoms. The second-order valence-electron chi connectivity index (χ2n) is 4.12. The summed E-state index contributed by atoms with van der Waals surface area (Å²) in [5.74, 6) is 0. The van der Waals surface area contributed by atoms with E-state index in [1.165, 1.54) is 0 Å². The molecular formula is C12H10N2O6S2. The molecule has 0 aliphatic rings. The Bertz CT molecular complexity index is 921. The van der Waals surface area contributed by atoms with E-state index >= 15 is 0 Å². The van der Waals surface area contributed by atoms with Crippen molar-refractivity contribution < 1.29 is 25.9 Å². The molecule has 2 N–H and O–H groups in total. The average Bonchev–Trinajstić information content (AvgIpc) is 2.44. The van der Waals surface area contributed by atoms with Gasteiger partial charge in [0.2, 0.25) is 0 Å². The lowest BCUT2D eigenvalue weighted by molar-refractivity contribution is 0.478. The highest BCUT2D eigenvalue weighted by atomic mass is 32.2. The van der Waals surface area contributed by atoms with E-state index in [1.807, 2.05) is 0 Å². The van der Waals surface area contributed by atoms with E-state index in [-0.39, 0.29) is 0 Å². The maximum absolute atomic E-state index is 11.3. The molecule has 116 valence electrons. The molecule has 2 rings (SSSR count). The molecule has 0 amide bonds. The zero-order valence-corrected chi connectivity index (χ0v) is 12.5. The van der Waals surface area contributed by atoms with E-state index < -0.39 is 35.7 Å². The Labute approximate surface area is 126 Å². The van der Waals surface area contributed by atoms with Gasteiger partial charge in [0.15, 0.2) is 0 Å². The number of benzene rings is 2. The highest BCUT2D eigenvalue weighted by Gasteiger charge is 2.19. The third-order valence-electron chi connectivity index (χ3n) is 2.54. The third kappa shape index (κ3) is 3.95. The Kier molecular flexibility index (Phi) is 4.37. The normalized spacial score (nSPS) is 12.6. The lowest BCUT2D eigenvalue weighted by Gasteiger charge is -2.04. The Morgan fingerprint density at radius 3 is 1.95 bits per heavy atom. The maximum Gasteiger partial charge on any atom is 0.296 e. The minimum atomic E-state index is -4.63. The van der Waals surface area contributed by atoms with Crippen LogP contribution in [-0.4, -0.2) is 25.9 Å². The van der Waals surface area contributed by atoms with Gasteiger partial charge in [-0.05, 0) is 30.3 Å². The number of hydrogen-bond donors (Lipinski definition) is 2. The summed E-state index contributed by atoms with van der Waals surface area (Å²) < 4.78 is 62.8. The number of rotatable bonds is 4. The Morgan fingerprint density at radius 2 is 1.41 bits per heavy atom. The molecule has 0 unspecified atom stereocenters. The highest BCUT2D eigenvalue weighted by molar-refractivity contribution is 7.86. The van der Waals surface area contributed by atoms with Crippen LogP contribution >= 0.6 is 0 Å². The van der Waals surface area contributed by atoms with Crippen LogP contribution in [0.5, 0.6) is 0 Å². The molecule has 0 bridgehead atoms. The van der Waals surface area contributed by atoms with E-state index in [0.29, 0.717) is 5.69 Å². The smallest absolute Gasteiger partial charge is 0.282 e. The first-order valence-electron chi connectivity index (χ1n) is 5.74. The maximum atomic E-state index is 11.3. The van der Waals surface area contributed by atoms with Gasteiger partial charge in [-0.25, -0.2) is 0 Å². The summed E-state index contributed by atoms with van der Waals surface area (Å²) >= 11 is 0. The molecular weight excluding hydrogens is 332 g/mol. The topological polar surface area (TPSA) is 133 Å². The molecule has 2 aromatic rings. The third-order valence-corrected chi connectivity index (χ3v) is 4.29. The first-order chi connectivity index (χ1) is 10.2. The van der Waals surface area contributed by atoms with Gasteiger partial charge in [0.25, 0.3) is 20.2 Å². The lowest BCUT2D eigenvalue weighted by atomic mass is 10.3. The molecule has 2 aromatic carbocycles. The second kappa shape index (κ2) is 5.93. The molecule has 8 nitrogen and oxygen atoms in total. The molecule has 0 atom stereocenters. The van der Waals surface area contributed by atoms with Crippen LogP contribution in [-0.2, 0) is 20.2 Å². The van der Waals surface area contributed by atoms with Crippen LogP contribution in [0.25, 0.3) is 0 Å². The van der Waals surface area contributed by atoms with Crippen molar-refractivity contribution in [3.8, 4) is 0 Å². The molecule has 0 aromatic heterocycles. The van der Waals surface area contributed by atoms with Crippen molar-refractivity contribution in [3.63, 3.8) is 0 Å². The van der Waals surface area contributed by atoms with Gasteiger partial charge in [0.05, 0.1) is 10.6 Å². The predicted octanol–water partition coefficient (Wildman–Crippen LogP) is 2.60. The van der Waals surface area contributed by atoms with Gasteiger partial charge in [-0.3, -0.25) is 9.11 Å². The minimum Gasteiger partial charge on any atom is -0.282 e. The summed E-state index contributed by atoms with van der Waals surface area (Å²) in [6.45, 7) is 0. The molecule has 0 aliphatic carbocycles. The summed E-state index contributed by atoms with van der Waals surface area (Å²) in [4.78, 5) is -1.19. The van der Waals surface area contributed by atoms with Crippen molar-refractivity contribution >= 4 is 31.6 Å². The van der Waals surface area contributed by atoms with Crippen molar-refractivity contribution in [1.29, 1.82) is 0 Å². The monoisotopic (exact) mass is 342 g/mol. The summed E-state index contributed by atoms with van der Waals surface area (Å²) in [7, 11) is -9.18. The fraction of sp³-hybridized carbons (Fsp3) is 0. The molecule has 0 aliphatic heterocycles. The van der Waals surface area contributed by atoms with Gasteiger partial charge in [0.1, 0.15) is 10.6 Å². The molecule has 0 saturated heterocycles. The largest absolute Gasteiger partial charge is 0.296 e. The van der Waals surface area contributed by atoms with Gasteiger partial charge >= 0.3 is 0 Å². The summed E-state index contributed by atoms with van der Waals surface area (Å²) in [5, 5.41) is 7.37. The summed E-state index contributed by atoms with van der Waals surface area (Å²) in [5.41, 5.74) is -0.0254. The molecule has 0 fully saturated rings. The Hall–Kier alpha value is -2.14. The first-order valence-corrected chi connectivity index (χ1v) is 8.62. The van der Waals surface area contributed by atoms with E-state index in [9.17, 15) is 16.8 Å². The van der Waals surface area contributed by atoms with Crippen molar-refractivity contribution in [2.45, 2.75) is 9.79 Å². The minimum absolute atomic E-state index is 0.390. The molecule has 0 heterocycles. The quantitative estimate of drug-likeness (QED) is 0.648. The SMILES string of the molecule is O=S(=O)(O)c1ccc(S(=O)(=O)O)c(/N=N/c2ccccc2)c1. The van der Waals surface area contributed by atoms with Crippen molar-refractivity contribution in [2.24, 2.45) is 10.2 Å². The fourth-order valence-electron chi connectivity index (χ4n) is 1.56. The Morgan fingerprint density at radius 1 is 0.773 bits per heavy atom. The van der Waals surface area contributed by atoms with Crippen LogP contribution in [0, 0.1) is 0 Å². The van der Waals surface area contributed by atoms with Crippen LogP contribution < -0.4 is 0 Å². The van der Waals surface area contributed by atoms with E-state index in [2.05, 4.69) is 10.2 Å². The fourth-order valence-corrected chi connectivity index (χ4v) is 2.66. The van der Waals surface area contributed by atoms with Crippen LogP contribution in [0.3, 0.4) is 0 Å². The summed E-state index contributed by atoms with van der Waals surface area (Å²) in [6.07, 6.45) is 0. The van der Waals surface area contributed by atoms with E-state index in [1.54, 1.807) is 30.3 Å². The van der Waals surface area contributed by atoms with Crippen molar-refractivity contribution in [1.82, 2.24) is 0 Å². The standard InChI is InChI=1S/C12H10N2O6S2/c15-21(16,17)10-6-7-12(22(18,19)20)11(8-10)14-13-9-4-2-1-3-5-9/h1-8H,(H,15,16,17)(H,18,19,20)/b14-13+. The lowest BCUT2D eigenvalue weighted by Crippen LogP contribution is -2.02. The molecule has 10 heteroatoms. The van der Waals surface area contributed by atoms with E-state index in [4.69, 9.17) is 9.11 Å². The summed E-state index contributed by atoms with van der Waals surface area (Å²) in [6, 6.07) is 10.7. The number of azo groups is 1. The second-order valence-corrected chi connectivity index (χ2v) is 6.93.